The molecule has 0 radical (unpaired) electrons. The molecule has 0 bridgehead atoms. The van der Waals surface area contributed by atoms with Crippen molar-refractivity contribution in [3.63, 3.8) is 0 Å². The van der Waals surface area contributed by atoms with E-state index in [1.165, 1.54) is 6.92 Å². The molecule has 0 aliphatic heterocycles. The number of sulfone groups is 1. The van der Waals surface area contributed by atoms with Crippen LogP contribution >= 0.6 is 0 Å². The number of rotatable bonds is 6. The molecule has 1 unspecified atom stereocenters. The largest absolute Gasteiger partial charge is 0.387 e. The minimum Gasteiger partial charge on any atom is -0.387 e. The third-order valence-electron chi connectivity index (χ3n) is 2.73. The number of benzene rings is 1. The van der Waals surface area contributed by atoms with Crippen LogP contribution in [0.2, 0.25) is 0 Å². The van der Waals surface area contributed by atoms with Crippen LogP contribution in [0.15, 0.2) is 28.0 Å². The molecule has 21 heavy (non-hydrogen) atoms. The zero-order valence-corrected chi connectivity index (χ0v) is 13.1. The van der Waals surface area contributed by atoms with Gasteiger partial charge in [0.1, 0.15) is 10.7 Å². The summed E-state index contributed by atoms with van der Waals surface area (Å²) < 4.78 is 62.5. The molecule has 0 amide bonds. The Bertz CT molecular complexity index is 760. The van der Waals surface area contributed by atoms with Crippen molar-refractivity contribution >= 4 is 25.7 Å². The van der Waals surface area contributed by atoms with E-state index in [0.717, 1.165) is 24.5 Å². The highest BCUT2D eigenvalue weighted by molar-refractivity contribution is 7.91. The molecule has 0 fully saturated rings. The molecule has 4 N–H and O–H groups in total. The van der Waals surface area contributed by atoms with Crippen molar-refractivity contribution in [1.29, 1.82) is 5.41 Å². The number of amidine groups is 1. The van der Waals surface area contributed by atoms with E-state index in [0.29, 0.717) is 0 Å². The van der Waals surface area contributed by atoms with Gasteiger partial charge in [0.15, 0.2) is 9.84 Å². The van der Waals surface area contributed by atoms with E-state index < -0.39 is 36.5 Å². The number of sulfonamides is 1. The van der Waals surface area contributed by atoms with Gasteiger partial charge >= 0.3 is 0 Å². The Morgan fingerprint density at radius 3 is 2.43 bits per heavy atom. The smallest absolute Gasteiger partial charge is 0.243 e. The molecule has 0 aliphatic carbocycles. The first kappa shape index (κ1) is 17.5. The van der Waals surface area contributed by atoms with Crippen molar-refractivity contribution in [2.24, 2.45) is 11.7 Å². The summed E-state index contributed by atoms with van der Waals surface area (Å²) in [6.07, 6.45) is 0.891. The SMILES string of the molecule is CC(CNS(=O)(=O)c1cc(S(C)(=O)=O)ccc1F)C(=N)N. The molecule has 1 rings (SSSR count). The number of nitrogens with two attached hydrogens (primary N) is 1. The maximum absolute atomic E-state index is 13.7. The van der Waals surface area contributed by atoms with Crippen LogP contribution in [0.1, 0.15) is 6.92 Å². The van der Waals surface area contributed by atoms with Gasteiger partial charge in [-0.25, -0.2) is 25.9 Å². The summed E-state index contributed by atoms with van der Waals surface area (Å²) in [6, 6.07) is 2.52. The van der Waals surface area contributed by atoms with Crippen LogP contribution in [0.5, 0.6) is 0 Å². The third-order valence-corrected chi connectivity index (χ3v) is 5.28. The van der Waals surface area contributed by atoms with Gasteiger partial charge < -0.3 is 5.73 Å². The van der Waals surface area contributed by atoms with Gasteiger partial charge in [0.05, 0.1) is 10.7 Å². The van der Waals surface area contributed by atoms with Crippen molar-refractivity contribution in [3.05, 3.63) is 24.0 Å². The minimum absolute atomic E-state index is 0.194. The first-order valence-electron chi connectivity index (χ1n) is 5.78. The van der Waals surface area contributed by atoms with Gasteiger partial charge in [0.2, 0.25) is 10.0 Å². The molecule has 1 atom stereocenters. The van der Waals surface area contributed by atoms with E-state index in [2.05, 4.69) is 4.72 Å². The Morgan fingerprint density at radius 2 is 1.95 bits per heavy atom. The Hall–Kier alpha value is -1.52. The lowest BCUT2D eigenvalue weighted by Gasteiger charge is -2.12. The number of hydrogen-bond donors (Lipinski definition) is 3. The van der Waals surface area contributed by atoms with Crippen LogP contribution < -0.4 is 10.5 Å². The second-order valence-electron chi connectivity index (χ2n) is 4.57. The van der Waals surface area contributed by atoms with E-state index in [9.17, 15) is 21.2 Å². The Labute approximate surface area is 122 Å². The van der Waals surface area contributed by atoms with Crippen LogP contribution in [-0.2, 0) is 19.9 Å². The summed E-state index contributed by atoms with van der Waals surface area (Å²) in [7, 11) is -7.90. The van der Waals surface area contributed by atoms with Crippen LogP contribution in [0.4, 0.5) is 4.39 Å². The van der Waals surface area contributed by atoms with E-state index in [1.807, 2.05) is 0 Å². The van der Waals surface area contributed by atoms with Gasteiger partial charge in [-0.1, -0.05) is 6.92 Å². The molecule has 0 aliphatic rings. The minimum atomic E-state index is -4.24. The van der Waals surface area contributed by atoms with E-state index in [4.69, 9.17) is 11.1 Å². The van der Waals surface area contributed by atoms with Crippen LogP contribution in [-0.4, -0.2) is 35.5 Å². The van der Waals surface area contributed by atoms with E-state index in [1.54, 1.807) is 0 Å². The molecule has 0 spiro atoms. The van der Waals surface area contributed by atoms with Crippen molar-refractivity contribution in [1.82, 2.24) is 4.72 Å². The fourth-order valence-electron chi connectivity index (χ4n) is 1.34. The average Bonchev–Trinajstić information content (AvgIpc) is 2.34. The summed E-state index contributed by atoms with van der Waals surface area (Å²) in [5.74, 6) is -1.85. The maximum atomic E-state index is 13.7. The van der Waals surface area contributed by atoms with E-state index in [-0.39, 0.29) is 17.3 Å². The summed E-state index contributed by atoms with van der Waals surface area (Å²) in [6.45, 7) is 1.33. The van der Waals surface area contributed by atoms with Gasteiger partial charge in [0, 0.05) is 18.7 Å². The number of halogens is 1. The molecule has 1 aromatic carbocycles. The monoisotopic (exact) mass is 337 g/mol. The molecule has 118 valence electrons. The number of nitrogens with one attached hydrogen (secondary N) is 2. The van der Waals surface area contributed by atoms with Crippen LogP contribution in [0, 0.1) is 17.1 Å². The molecular formula is C11H16FN3O4S2. The molecule has 1 aromatic rings. The first-order chi connectivity index (χ1) is 9.45. The second kappa shape index (κ2) is 6.08. The lowest BCUT2D eigenvalue weighted by molar-refractivity contribution is 0.551. The fourth-order valence-corrected chi connectivity index (χ4v) is 3.30. The normalized spacial score (nSPS) is 13.9. The van der Waals surface area contributed by atoms with Gasteiger partial charge in [-0.3, -0.25) is 5.41 Å². The van der Waals surface area contributed by atoms with Gasteiger partial charge in [-0.05, 0) is 18.2 Å². The third kappa shape index (κ3) is 4.48. The highest BCUT2D eigenvalue weighted by Gasteiger charge is 2.22. The summed E-state index contributed by atoms with van der Waals surface area (Å²) in [5.41, 5.74) is 5.21. The summed E-state index contributed by atoms with van der Waals surface area (Å²) in [5, 5.41) is 7.16. The second-order valence-corrected chi connectivity index (χ2v) is 8.32. The highest BCUT2D eigenvalue weighted by Crippen LogP contribution is 2.19. The van der Waals surface area contributed by atoms with Crippen LogP contribution in [0.25, 0.3) is 0 Å². The van der Waals surface area contributed by atoms with Crippen molar-refractivity contribution in [3.8, 4) is 0 Å². The van der Waals surface area contributed by atoms with Crippen molar-refractivity contribution < 1.29 is 21.2 Å². The standard InChI is InChI=1S/C11H16FN3O4S2/c1-7(11(13)14)6-15-21(18,19)10-5-8(20(2,16)17)3-4-9(10)12/h3-5,7,15H,6H2,1-2H3,(H3,13,14). The van der Waals surface area contributed by atoms with Gasteiger partial charge in [-0.2, -0.15) is 0 Å². The van der Waals surface area contributed by atoms with Gasteiger partial charge in [0.25, 0.3) is 0 Å². The van der Waals surface area contributed by atoms with Crippen LogP contribution in [0.3, 0.4) is 0 Å². The lowest BCUT2D eigenvalue weighted by atomic mass is 10.2. The van der Waals surface area contributed by atoms with E-state index >= 15 is 0 Å². The number of hydrogen-bond acceptors (Lipinski definition) is 5. The lowest BCUT2D eigenvalue weighted by Crippen LogP contribution is -2.34. The Morgan fingerprint density at radius 1 is 1.38 bits per heavy atom. The highest BCUT2D eigenvalue weighted by atomic mass is 32.2. The molecule has 0 saturated heterocycles. The quantitative estimate of drug-likeness (QED) is 0.384. The molecule has 0 heterocycles. The maximum Gasteiger partial charge on any atom is 0.243 e. The average molecular weight is 337 g/mol. The molecule has 0 aromatic heterocycles. The topological polar surface area (TPSA) is 130 Å². The van der Waals surface area contributed by atoms with Crippen molar-refractivity contribution in [2.75, 3.05) is 12.8 Å². The first-order valence-corrected chi connectivity index (χ1v) is 9.16. The molecular weight excluding hydrogens is 321 g/mol. The fraction of sp³-hybridized carbons (Fsp3) is 0.364. The summed E-state index contributed by atoms with van der Waals surface area (Å²) in [4.78, 5) is -1.06. The molecule has 7 nitrogen and oxygen atoms in total. The Balaban J connectivity index is 3.17. The van der Waals surface area contributed by atoms with Crippen molar-refractivity contribution in [2.45, 2.75) is 16.7 Å². The predicted octanol–water partition coefficient (Wildman–Crippen LogP) is 0.0796. The molecule has 0 saturated carbocycles. The molecule has 10 heteroatoms. The predicted molar refractivity (Wildman–Crippen MR) is 75.8 cm³/mol. The Kier molecular flexibility index (Phi) is 5.07. The zero-order valence-electron chi connectivity index (χ0n) is 11.4. The summed E-state index contributed by atoms with van der Waals surface area (Å²) >= 11 is 0. The van der Waals surface area contributed by atoms with Gasteiger partial charge in [-0.15, -0.1) is 0 Å². The zero-order chi connectivity index (χ0) is 16.4.